The van der Waals surface area contributed by atoms with Crippen molar-refractivity contribution in [3.63, 3.8) is 0 Å². The number of benzene rings is 2. The van der Waals surface area contributed by atoms with Crippen LogP contribution in [0, 0.1) is 5.92 Å². The second-order valence-electron chi connectivity index (χ2n) is 12.9. The predicted molar refractivity (Wildman–Crippen MR) is 177 cm³/mol. The Morgan fingerprint density at radius 1 is 0.939 bits per heavy atom. The van der Waals surface area contributed by atoms with Crippen molar-refractivity contribution in [1.82, 2.24) is 16.0 Å². The van der Waals surface area contributed by atoms with Crippen molar-refractivity contribution in [2.24, 2.45) is 11.7 Å². The van der Waals surface area contributed by atoms with Gasteiger partial charge in [0.05, 0.1) is 6.61 Å². The van der Waals surface area contributed by atoms with Crippen molar-refractivity contribution in [1.29, 1.82) is 0 Å². The number of carbonyl (C=O) groups is 4. The van der Waals surface area contributed by atoms with Crippen molar-refractivity contribution in [3.8, 4) is 5.75 Å². The van der Waals surface area contributed by atoms with Gasteiger partial charge in [-0.1, -0.05) is 68.8 Å². The number of ether oxygens (including phenoxy) is 5. The maximum absolute atomic E-state index is 13.2. The van der Waals surface area contributed by atoms with E-state index in [4.69, 9.17) is 29.4 Å². The first-order valence-electron chi connectivity index (χ1n) is 16.5. The molecule has 0 spiro atoms. The fourth-order valence-electron chi connectivity index (χ4n) is 5.61. The maximum Gasteiger partial charge on any atom is 0.329 e. The molecule has 2 unspecified atom stereocenters. The van der Waals surface area contributed by atoms with E-state index >= 15 is 0 Å². The number of nitrogens with one attached hydrogen (secondary N) is 3. The number of carboxylic acid groups (broad SMARTS) is 1. The highest BCUT2D eigenvalue weighted by Crippen LogP contribution is 2.40. The van der Waals surface area contributed by atoms with Crippen molar-refractivity contribution in [3.05, 3.63) is 66.2 Å². The second-order valence-corrected chi connectivity index (χ2v) is 12.9. The molecule has 0 saturated carbocycles. The van der Waals surface area contributed by atoms with E-state index in [2.05, 4.69) is 16.0 Å². The van der Waals surface area contributed by atoms with Crippen LogP contribution < -0.4 is 26.4 Å². The smallest absolute Gasteiger partial charge is 0.329 e. The number of rotatable bonds is 17. The third-order valence-electron chi connectivity index (χ3n) is 8.49. The molecule has 14 heteroatoms. The summed E-state index contributed by atoms with van der Waals surface area (Å²) < 4.78 is 29.8. The molecule has 2 aliphatic rings. The lowest BCUT2D eigenvalue weighted by Crippen LogP contribution is -2.58. The molecular formula is C35H48N4O10. The zero-order valence-electron chi connectivity index (χ0n) is 28.5. The van der Waals surface area contributed by atoms with Crippen LogP contribution in [0.3, 0.4) is 0 Å². The van der Waals surface area contributed by atoms with Crippen molar-refractivity contribution < 1.29 is 48.0 Å². The number of carboxylic acids is 1. The molecule has 2 aromatic carbocycles. The lowest BCUT2D eigenvalue weighted by molar-refractivity contribution is -0.221. The number of amides is 3. The largest absolute Gasteiger partial charge is 0.491 e. The Hall–Kier alpha value is -4.08. The quantitative estimate of drug-likeness (QED) is 0.163. The van der Waals surface area contributed by atoms with E-state index in [9.17, 15) is 24.3 Å². The molecule has 3 amide bonds. The third kappa shape index (κ3) is 10.5. The minimum Gasteiger partial charge on any atom is -0.491 e. The molecule has 0 radical (unpaired) electrons. The van der Waals surface area contributed by atoms with Gasteiger partial charge in [0, 0.05) is 12.5 Å². The molecule has 4 rings (SSSR count). The molecule has 2 aliphatic heterocycles. The lowest BCUT2D eigenvalue weighted by Gasteiger charge is -2.29. The van der Waals surface area contributed by atoms with Gasteiger partial charge in [-0.2, -0.15) is 0 Å². The van der Waals surface area contributed by atoms with Crippen LogP contribution in [0.4, 0.5) is 0 Å². The van der Waals surface area contributed by atoms with E-state index in [0.29, 0.717) is 12.2 Å². The SMILES string of the molecule is CCC(C)[C@H](NC(=O)[C@H](C)NC(=O)C[C@H](N)C1O[C@@H]2OC(C)(C)O[C@@H]2[C@H]1OCc1ccccc1)C(=O)N[C@@H](COc1ccccc1)C(=O)O. The molecule has 2 fully saturated rings. The molecule has 2 aromatic rings. The van der Waals surface area contributed by atoms with Gasteiger partial charge in [-0.3, -0.25) is 14.4 Å². The molecule has 49 heavy (non-hydrogen) atoms. The molecule has 2 saturated heterocycles. The first kappa shape index (κ1) is 37.7. The van der Waals surface area contributed by atoms with Crippen LogP contribution in [0.5, 0.6) is 5.75 Å². The summed E-state index contributed by atoms with van der Waals surface area (Å²) in [6, 6.07) is 13.9. The summed E-state index contributed by atoms with van der Waals surface area (Å²) in [5.41, 5.74) is 7.43. The van der Waals surface area contributed by atoms with Gasteiger partial charge in [0.1, 0.15) is 42.8 Å². The van der Waals surface area contributed by atoms with Crippen LogP contribution in [0.25, 0.3) is 0 Å². The Morgan fingerprint density at radius 2 is 1.59 bits per heavy atom. The minimum atomic E-state index is -1.37. The molecule has 9 atom stereocenters. The molecule has 0 aromatic heterocycles. The zero-order chi connectivity index (χ0) is 35.7. The average molecular weight is 685 g/mol. The minimum absolute atomic E-state index is 0.201. The molecule has 14 nitrogen and oxygen atoms in total. The van der Waals surface area contributed by atoms with E-state index in [1.165, 1.54) is 6.92 Å². The summed E-state index contributed by atoms with van der Waals surface area (Å²) in [6.07, 6.45) is -2.35. The van der Waals surface area contributed by atoms with Gasteiger partial charge >= 0.3 is 5.97 Å². The summed E-state index contributed by atoms with van der Waals surface area (Å²) in [7, 11) is 0. The van der Waals surface area contributed by atoms with E-state index < -0.39 is 78.2 Å². The summed E-state index contributed by atoms with van der Waals surface area (Å²) in [6.45, 7) is 8.57. The van der Waals surface area contributed by atoms with Crippen LogP contribution in [-0.4, -0.2) is 90.0 Å². The van der Waals surface area contributed by atoms with Gasteiger partial charge in [-0.25, -0.2) is 4.79 Å². The van der Waals surface area contributed by atoms with Crippen LogP contribution >= 0.6 is 0 Å². The Morgan fingerprint density at radius 3 is 2.22 bits per heavy atom. The topological polar surface area (TPSA) is 197 Å². The molecule has 2 heterocycles. The summed E-state index contributed by atoms with van der Waals surface area (Å²) in [5.74, 6) is -3.92. The van der Waals surface area contributed by atoms with E-state index in [-0.39, 0.29) is 25.6 Å². The molecule has 0 bridgehead atoms. The Kier molecular flexibility index (Phi) is 13.1. The van der Waals surface area contributed by atoms with E-state index in [0.717, 1.165) is 5.56 Å². The highest BCUT2D eigenvalue weighted by Gasteiger charge is 2.56. The second kappa shape index (κ2) is 17.0. The number of nitrogens with two attached hydrogens (primary N) is 1. The standard InChI is InChI=1S/C35H48N4O10/c1-6-20(2)27(32(42)38-25(33(43)44)19-45-23-15-11-8-12-16-23)39-31(41)21(3)37-26(40)17-24(36)28-29(46-18-22-13-9-7-10-14-22)30-34(47-28)49-35(4,5)48-30/h7-16,20-21,24-25,27-30,34H,6,17-19,36H2,1-5H3,(H,37,40)(H,38,42)(H,39,41)(H,43,44)/t20?,21-,24-,25-,27-,28?,29-,30+,34+/m0/s1. The first-order valence-corrected chi connectivity index (χ1v) is 16.5. The molecule has 268 valence electrons. The first-order chi connectivity index (χ1) is 23.3. The summed E-state index contributed by atoms with van der Waals surface area (Å²) >= 11 is 0. The van der Waals surface area contributed by atoms with Gasteiger partial charge in [0.2, 0.25) is 17.7 Å². The van der Waals surface area contributed by atoms with Crippen molar-refractivity contribution in [2.75, 3.05) is 6.61 Å². The average Bonchev–Trinajstić information content (AvgIpc) is 3.55. The summed E-state index contributed by atoms with van der Waals surface area (Å²) in [5, 5.41) is 17.5. The fourth-order valence-corrected chi connectivity index (χ4v) is 5.61. The number of para-hydroxylation sites is 1. The molecule has 6 N–H and O–H groups in total. The lowest BCUT2D eigenvalue weighted by atomic mass is 9.97. The highest BCUT2D eigenvalue weighted by atomic mass is 16.8. The van der Waals surface area contributed by atoms with Crippen LogP contribution in [0.1, 0.15) is 53.0 Å². The number of aliphatic carboxylic acids is 1. The Balaban J connectivity index is 1.32. The highest BCUT2D eigenvalue weighted by molar-refractivity contribution is 5.93. The predicted octanol–water partition coefficient (Wildman–Crippen LogP) is 1.85. The monoisotopic (exact) mass is 684 g/mol. The number of fused-ring (bicyclic) bond motifs is 1. The van der Waals surface area contributed by atoms with Gasteiger partial charge < -0.3 is 50.5 Å². The van der Waals surface area contributed by atoms with E-state index in [1.807, 2.05) is 37.3 Å². The maximum atomic E-state index is 13.2. The van der Waals surface area contributed by atoms with Crippen LogP contribution in [0.15, 0.2) is 60.7 Å². The Bertz CT molecular complexity index is 1410. The van der Waals surface area contributed by atoms with Gasteiger partial charge in [0.15, 0.2) is 18.1 Å². The fraction of sp³-hybridized carbons (Fsp3) is 0.543. The van der Waals surface area contributed by atoms with Gasteiger partial charge in [-0.15, -0.1) is 0 Å². The van der Waals surface area contributed by atoms with E-state index in [1.54, 1.807) is 51.1 Å². The molecular weight excluding hydrogens is 636 g/mol. The summed E-state index contributed by atoms with van der Waals surface area (Å²) in [4.78, 5) is 51.4. The van der Waals surface area contributed by atoms with Crippen molar-refractivity contribution in [2.45, 2.75) is 109 Å². The zero-order valence-corrected chi connectivity index (χ0v) is 28.5. The van der Waals surface area contributed by atoms with Crippen LogP contribution in [-0.2, 0) is 44.7 Å². The molecule has 0 aliphatic carbocycles. The number of hydrogen-bond donors (Lipinski definition) is 5. The third-order valence-corrected chi connectivity index (χ3v) is 8.49. The number of hydrogen-bond acceptors (Lipinski definition) is 10. The Labute approximate surface area is 286 Å². The van der Waals surface area contributed by atoms with Crippen molar-refractivity contribution >= 4 is 23.7 Å². The normalized spacial score (nSPS) is 24.0. The number of carbonyl (C=O) groups excluding carboxylic acids is 3. The van der Waals surface area contributed by atoms with Crippen LogP contribution in [0.2, 0.25) is 0 Å². The van der Waals surface area contributed by atoms with Gasteiger partial charge in [-0.05, 0) is 44.4 Å². The van der Waals surface area contributed by atoms with Gasteiger partial charge in [0.25, 0.3) is 0 Å².